The average Bonchev–Trinajstić information content (AvgIpc) is 2.63. The van der Waals surface area contributed by atoms with Crippen molar-refractivity contribution in [2.24, 2.45) is 0 Å². The number of hydrogen-bond acceptors (Lipinski definition) is 2. The zero-order valence-electron chi connectivity index (χ0n) is 12.9. The fraction of sp³-hybridized carbons (Fsp3) is 0.190. The minimum absolute atomic E-state index is 0.135. The Hall–Kier alpha value is -2.61. The minimum atomic E-state index is 0.135. The van der Waals surface area contributed by atoms with Gasteiger partial charge in [0.1, 0.15) is 11.5 Å². The topological polar surface area (TPSA) is 30.2 Å². The molecule has 1 aliphatic carbocycles. The van der Waals surface area contributed by atoms with Crippen LogP contribution in [0.3, 0.4) is 0 Å². The van der Waals surface area contributed by atoms with Gasteiger partial charge in [-0.2, -0.15) is 0 Å². The van der Waals surface area contributed by atoms with E-state index in [1.165, 1.54) is 0 Å². The van der Waals surface area contributed by atoms with E-state index in [9.17, 15) is 4.79 Å². The van der Waals surface area contributed by atoms with Gasteiger partial charge in [0, 0.05) is 17.5 Å². The van der Waals surface area contributed by atoms with Crippen LogP contribution in [0.2, 0.25) is 0 Å². The smallest absolute Gasteiger partial charge is 0.196 e. The Kier molecular flexibility index (Phi) is 3.58. The zero-order chi connectivity index (χ0) is 15.6. The van der Waals surface area contributed by atoms with E-state index in [2.05, 4.69) is 0 Å². The number of hydrogen-bond donors (Lipinski definition) is 0. The molecule has 0 saturated carbocycles. The van der Waals surface area contributed by atoms with E-state index in [0.29, 0.717) is 11.3 Å². The molecule has 0 saturated heterocycles. The van der Waals surface area contributed by atoms with Gasteiger partial charge in [-0.15, -0.1) is 0 Å². The molecule has 4 rings (SSSR count). The van der Waals surface area contributed by atoms with Gasteiger partial charge in [-0.25, -0.2) is 0 Å². The first-order valence-electron chi connectivity index (χ1n) is 8.14. The molecule has 0 spiro atoms. The largest absolute Gasteiger partial charge is 0.460 e. The van der Waals surface area contributed by atoms with E-state index in [1.54, 1.807) is 0 Å². The maximum Gasteiger partial charge on any atom is 0.196 e. The van der Waals surface area contributed by atoms with Gasteiger partial charge in [0.05, 0.1) is 5.56 Å². The molecule has 0 amide bonds. The van der Waals surface area contributed by atoms with Crippen LogP contribution in [0.4, 0.5) is 0 Å². The van der Waals surface area contributed by atoms with Crippen molar-refractivity contribution in [3.63, 3.8) is 0 Å². The molecule has 0 radical (unpaired) electrons. The van der Waals surface area contributed by atoms with Crippen LogP contribution < -0.4 is 5.43 Å². The van der Waals surface area contributed by atoms with Crippen LogP contribution >= 0.6 is 0 Å². The lowest BCUT2D eigenvalue weighted by molar-refractivity contribution is 0.464. The van der Waals surface area contributed by atoms with Gasteiger partial charge in [-0.1, -0.05) is 60.7 Å². The third-order valence-corrected chi connectivity index (χ3v) is 4.47. The molecule has 1 aliphatic rings. The molecule has 1 heterocycles. The summed E-state index contributed by atoms with van der Waals surface area (Å²) >= 11 is 0. The van der Waals surface area contributed by atoms with Crippen molar-refractivity contribution in [3.05, 3.63) is 82.2 Å². The minimum Gasteiger partial charge on any atom is -0.460 e. The lowest BCUT2D eigenvalue weighted by atomic mass is 9.92. The van der Waals surface area contributed by atoms with Gasteiger partial charge in [0.2, 0.25) is 0 Å². The first-order chi connectivity index (χ1) is 11.3. The summed E-state index contributed by atoms with van der Waals surface area (Å²) in [7, 11) is 0. The predicted molar refractivity (Wildman–Crippen MR) is 92.5 cm³/mol. The molecule has 23 heavy (non-hydrogen) atoms. The predicted octanol–water partition coefficient (Wildman–Crippen LogP) is 4.85. The maximum absolute atomic E-state index is 13.1. The second-order valence-corrected chi connectivity index (χ2v) is 5.98. The first-order valence-corrected chi connectivity index (χ1v) is 8.14. The second-order valence-electron chi connectivity index (χ2n) is 5.98. The zero-order valence-corrected chi connectivity index (χ0v) is 12.9. The molecule has 0 unspecified atom stereocenters. The molecule has 3 aromatic rings. The SMILES string of the molecule is O=c1c2c(oc(-c3ccccc3)c1-c1ccccc1)CCCC2. The van der Waals surface area contributed by atoms with Crippen molar-refractivity contribution in [2.75, 3.05) is 0 Å². The Morgan fingerprint density at radius 3 is 2.04 bits per heavy atom. The molecule has 0 atom stereocenters. The standard InChI is InChI=1S/C21H18O2/c22-20-17-13-7-8-14-18(17)23-21(16-11-5-2-6-12-16)19(20)15-9-3-1-4-10-15/h1-6,9-12H,7-8,13-14H2. The second kappa shape index (κ2) is 5.88. The van der Waals surface area contributed by atoms with Crippen LogP contribution in [-0.4, -0.2) is 0 Å². The highest BCUT2D eigenvalue weighted by Gasteiger charge is 2.23. The van der Waals surface area contributed by atoms with E-state index in [1.807, 2.05) is 60.7 Å². The van der Waals surface area contributed by atoms with Crippen molar-refractivity contribution < 1.29 is 4.42 Å². The van der Waals surface area contributed by atoms with Crippen LogP contribution in [0.25, 0.3) is 22.5 Å². The fourth-order valence-electron chi connectivity index (χ4n) is 3.32. The summed E-state index contributed by atoms with van der Waals surface area (Å²) in [5.74, 6) is 1.57. The summed E-state index contributed by atoms with van der Waals surface area (Å²) in [6.45, 7) is 0. The van der Waals surface area contributed by atoms with Gasteiger partial charge in [0.25, 0.3) is 0 Å². The van der Waals surface area contributed by atoms with E-state index in [4.69, 9.17) is 4.42 Å². The summed E-state index contributed by atoms with van der Waals surface area (Å²) in [5.41, 5.74) is 3.58. The van der Waals surface area contributed by atoms with Gasteiger partial charge in [-0.3, -0.25) is 4.79 Å². The number of benzene rings is 2. The highest BCUT2D eigenvalue weighted by molar-refractivity contribution is 5.79. The number of aryl methyl sites for hydroxylation is 1. The summed E-state index contributed by atoms with van der Waals surface area (Å²) in [5, 5.41) is 0. The molecule has 2 nitrogen and oxygen atoms in total. The monoisotopic (exact) mass is 302 g/mol. The van der Waals surface area contributed by atoms with E-state index >= 15 is 0 Å². The van der Waals surface area contributed by atoms with Crippen LogP contribution in [0, 0.1) is 0 Å². The van der Waals surface area contributed by atoms with Crippen molar-refractivity contribution in [2.45, 2.75) is 25.7 Å². The average molecular weight is 302 g/mol. The molecule has 0 fully saturated rings. The normalized spacial score (nSPS) is 13.6. The van der Waals surface area contributed by atoms with Crippen molar-refractivity contribution in [1.29, 1.82) is 0 Å². The quantitative estimate of drug-likeness (QED) is 0.677. The Labute approximate surface area is 135 Å². The number of fused-ring (bicyclic) bond motifs is 1. The summed E-state index contributed by atoms with van der Waals surface area (Å²) in [6, 6.07) is 19.8. The van der Waals surface area contributed by atoms with Crippen LogP contribution in [-0.2, 0) is 12.8 Å². The van der Waals surface area contributed by atoms with Gasteiger partial charge < -0.3 is 4.42 Å². The lowest BCUT2D eigenvalue weighted by Gasteiger charge is -2.18. The third-order valence-electron chi connectivity index (χ3n) is 4.47. The molecular formula is C21H18O2. The molecule has 1 aromatic heterocycles. The molecule has 2 aromatic carbocycles. The van der Waals surface area contributed by atoms with Crippen molar-refractivity contribution in [1.82, 2.24) is 0 Å². The molecule has 0 N–H and O–H groups in total. The van der Waals surface area contributed by atoms with Crippen molar-refractivity contribution >= 4 is 0 Å². The summed E-state index contributed by atoms with van der Waals surface area (Å²) in [6.07, 6.45) is 3.84. The van der Waals surface area contributed by atoms with Gasteiger partial charge in [0.15, 0.2) is 5.43 Å². The summed E-state index contributed by atoms with van der Waals surface area (Å²) in [4.78, 5) is 13.1. The van der Waals surface area contributed by atoms with Crippen LogP contribution in [0.5, 0.6) is 0 Å². The lowest BCUT2D eigenvalue weighted by Crippen LogP contribution is -2.19. The van der Waals surface area contributed by atoms with Crippen molar-refractivity contribution in [3.8, 4) is 22.5 Å². The van der Waals surface area contributed by atoms with E-state index in [-0.39, 0.29) is 5.43 Å². The van der Waals surface area contributed by atoms with Gasteiger partial charge >= 0.3 is 0 Å². The number of rotatable bonds is 2. The molecule has 0 aliphatic heterocycles. The molecule has 2 heteroatoms. The molecule has 114 valence electrons. The highest BCUT2D eigenvalue weighted by Crippen LogP contribution is 2.33. The first kappa shape index (κ1) is 14.0. The third kappa shape index (κ3) is 2.50. The Bertz CT molecular complexity index is 877. The summed E-state index contributed by atoms with van der Waals surface area (Å²) < 4.78 is 6.25. The van der Waals surface area contributed by atoms with Crippen LogP contribution in [0.15, 0.2) is 69.9 Å². The Balaban J connectivity index is 2.04. The maximum atomic E-state index is 13.1. The van der Waals surface area contributed by atoms with Crippen LogP contribution in [0.1, 0.15) is 24.2 Å². The Morgan fingerprint density at radius 2 is 1.35 bits per heavy atom. The Morgan fingerprint density at radius 1 is 0.739 bits per heavy atom. The van der Waals surface area contributed by atoms with Gasteiger partial charge in [-0.05, 0) is 24.8 Å². The fourth-order valence-corrected chi connectivity index (χ4v) is 3.32. The highest BCUT2D eigenvalue weighted by atomic mass is 16.3. The van der Waals surface area contributed by atoms with E-state index < -0.39 is 0 Å². The molecular weight excluding hydrogens is 284 g/mol. The molecule has 0 bridgehead atoms. The van der Waals surface area contributed by atoms with E-state index in [0.717, 1.165) is 48.1 Å².